The molecule has 0 aliphatic carbocycles. The summed E-state index contributed by atoms with van der Waals surface area (Å²) in [7, 11) is 4.06. The maximum absolute atomic E-state index is 12.5. The van der Waals surface area contributed by atoms with Crippen LogP contribution in [0, 0.1) is 5.41 Å². The molecule has 27 heavy (non-hydrogen) atoms. The van der Waals surface area contributed by atoms with Crippen LogP contribution in [0.3, 0.4) is 0 Å². The van der Waals surface area contributed by atoms with Gasteiger partial charge in [0.25, 0.3) is 0 Å². The fraction of sp³-hybridized carbons (Fsp3) is 0.348. The smallest absolute Gasteiger partial charge is 0.168 e. The lowest BCUT2D eigenvalue weighted by atomic mass is 9.86. The summed E-state index contributed by atoms with van der Waals surface area (Å²) < 4.78 is 5.75. The number of aromatic nitrogens is 1. The van der Waals surface area contributed by atoms with Crippen LogP contribution in [0.4, 0.5) is 0 Å². The number of nitrogens with zero attached hydrogens (tertiary/aromatic N) is 1. The Labute approximate surface area is 161 Å². The van der Waals surface area contributed by atoms with Crippen LogP contribution in [0.5, 0.6) is 5.75 Å². The highest BCUT2D eigenvalue weighted by Gasteiger charge is 2.23. The lowest BCUT2D eigenvalue weighted by molar-refractivity contribution is 0.0858. The number of hydrogen-bond acceptors (Lipinski definition) is 3. The van der Waals surface area contributed by atoms with Crippen molar-refractivity contribution in [3.8, 4) is 17.0 Å². The van der Waals surface area contributed by atoms with E-state index in [1.54, 1.807) is 0 Å². The van der Waals surface area contributed by atoms with E-state index < -0.39 is 0 Å². The molecule has 1 N–H and O–H groups in total. The molecule has 0 saturated heterocycles. The van der Waals surface area contributed by atoms with Gasteiger partial charge < -0.3 is 14.6 Å². The van der Waals surface area contributed by atoms with Crippen molar-refractivity contribution in [3.63, 3.8) is 0 Å². The van der Waals surface area contributed by atoms with E-state index in [9.17, 15) is 4.79 Å². The van der Waals surface area contributed by atoms with Crippen LogP contribution in [0.25, 0.3) is 22.2 Å². The van der Waals surface area contributed by atoms with Gasteiger partial charge in [0.1, 0.15) is 12.4 Å². The topological polar surface area (TPSA) is 45.3 Å². The minimum absolute atomic E-state index is 0.159. The van der Waals surface area contributed by atoms with Gasteiger partial charge in [-0.2, -0.15) is 0 Å². The minimum Gasteiger partial charge on any atom is -0.492 e. The number of aromatic amines is 1. The Bertz CT molecular complexity index is 931. The van der Waals surface area contributed by atoms with Gasteiger partial charge in [-0.15, -0.1) is 0 Å². The molecule has 0 spiro atoms. The van der Waals surface area contributed by atoms with E-state index in [1.165, 1.54) is 0 Å². The predicted octanol–water partition coefficient (Wildman–Crippen LogP) is 5.00. The molecule has 0 unspecified atom stereocenters. The van der Waals surface area contributed by atoms with Crippen LogP contribution in [-0.4, -0.2) is 42.9 Å². The molecule has 3 rings (SSSR count). The molecule has 3 aromatic rings. The van der Waals surface area contributed by atoms with E-state index >= 15 is 0 Å². The molecule has 0 radical (unpaired) electrons. The van der Waals surface area contributed by atoms with Crippen LogP contribution in [-0.2, 0) is 0 Å². The predicted molar refractivity (Wildman–Crippen MR) is 112 cm³/mol. The summed E-state index contributed by atoms with van der Waals surface area (Å²) >= 11 is 0. The van der Waals surface area contributed by atoms with Gasteiger partial charge in [0.15, 0.2) is 5.78 Å². The zero-order valence-electron chi connectivity index (χ0n) is 16.8. The number of hydrogen-bond donors (Lipinski definition) is 1. The third-order valence-electron chi connectivity index (χ3n) is 4.54. The lowest BCUT2D eigenvalue weighted by Crippen LogP contribution is -2.19. The van der Waals surface area contributed by atoms with Crippen LogP contribution in [0.1, 0.15) is 31.1 Å². The van der Waals surface area contributed by atoms with Crippen molar-refractivity contribution in [2.45, 2.75) is 20.8 Å². The molecule has 0 fully saturated rings. The number of Topliss-reactive ketones (excluding diaryl/α,β-unsaturated/α-hetero) is 1. The summed E-state index contributed by atoms with van der Waals surface area (Å²) in [5, 5.41) is 1.05. The highest BCUT2D eigenvalue weighted by atomic mass is 16.5. The summed E-state index contributed by atoms with van der Waals surface area (Å²) in [6.07, 6.45) is 0. The quantitative estimate of drug-likeness (QED) is 0.626. The number of carbonyl (C=O) groups is 1. The standard InChI is InChI=1S/C23H28N2O2/c1-23(2,3)22(26)17-8-11-20-18(14-17)15-21(24-20)16-6-9-19(10-7-16)27-13-12-25(4)5/h6-11,14-15,24H,12-13H2,1-5H3. The number of fused-ring (bicyclic) bond motifs is 1. The second-order valence-electron chi connectivity index (χ2n) is 8.24. The fourth-order valence-corrected chi connectivity index (χ4v) is 2.94. The van der Waals surface area contributed by atoms with Crippen molar-refractivity contribution >= 4 is 16.7 Å². The summed E-state index contributed by atoms with van der Waals surface area (Å²) in [5.74, 6) is 1.03. The van der Waals surface area contributed by atoms with Gasteiger partial charge in [-0.25, -0.2) is 0 Å². The van der Waals surface area contributed by atoms with Crippen LogP contribution >= 0.6 is 0 Å². The SMILES string of the molecule is CN(C)CCOc1ccc(-c2cc3cc(C(=O)C(C)(C)C)ccc3[nH]2)cc1. The third-order valence-corrected chi connectivity index (χ3v) is 4.54. The molecule has 1 aromatic heterocycles. The van der Waals surface area contributed by atoms with Gasteiger partial charge in [0, 0.05) is 34.1 Å². The van der Waals surface area contributed by atoms with Gasteiger partial charge in [0.05, 0.1) is 0 Å². The fourth-order valence-electron chi connectivity index (χ4n) is 2.94. The largest absolute Gasteiger partial charge is 0.492 e. The monoisotopic (exact) mass is 364 g/mol. The van der Waals surface area contributed by atoms with Crippen molar-refractivity contribution in [1.82, 2.24) is 9.88 Å². The zero-order chi connectivity index (χ0) is 19.6. The van der Waals surface area contributed by atoms with E-state index in [0.29, 0.717) is 6.61 Å². The third kappa shape index (κ3) is 4.58. The van der Waals surface area contributed by atoms with Crippen molar-refractivity contribution < 1.29 is 9.53 Å². The maximum Gasteiger partial charge on any atom is 0.168 e. The second-order valence-corrected chi connectivity index (χ2v) is 8.24. The van der Waals surface area contributed by atoms with Gasteiger partial charge in [-0.3, -0.25) is 4.79 Å². The number of ketones is 1. The Balaban J connectivity index is 1.80. The van der Waals surface area contributed by atoms with Crippen molar-refractivity contribution in [2.24, 2.45) is 5.41 Å². The maximum atomic E-state index is 12.5. The lowest BCUT2D eigenvalue weighted by Gasteiger charge is -2.16. The van der Waals surface area contributed by atoms with E-state index in [0.717, 1.165) is 40.0 Å². The second kappa shape index (κ2) is 7.57. The Morgan fingerprint density at radius 3 is 2.37 bits per heavy atom. The van der Waals surface area contributed by atoms with Crippen molar-refractivity contribution in [1.29, 1.82) is 0 Å². The normalized spacial score (nSPS) is 11.9. The number of likely N-dealkylation sites (N-methyl/N-ethyl adjacent to an activating group) is 1. The van der Waals surface area contributed by atoms with Crippen molar-refractivity contribution in [3.05, 3.63) is 54.1 Å². The summed E-state index contributed by atoms with van der Waals surface area (Å²) in [6, 6.07) is 16.0. The number of rotatable bonds is 6. The first-order valence-electron chi connectivity index (χ1n) is 9.29. The number of nitrogens with one attached hydrogen (secondary N) is 1. The summed E-state index contributed by atoms with van der Waals surface area (Å²) in [5.41, 5.74) is 3.53. The number of benzene rings is 2. The molecule has 0 aliphatic heterocycles. The molecule has 0 saturated carbocycles. The first kappa shape index (κ1) is 19.2. The summed E-state index contributed by atoms with van der Waals surface area (Å²) in [6.45, 7) is 7.40. The van der Waals surface area contributed by atoms with Crippen LogP contribution < -0.4 is 4.74 Å². The molecule has 142 valence electrons. The Kier molecular flexibility index (Phi) is 5.38. The number of H-pyrrole nitrogens is 1. The van der Waals surface area contributed by atoms with Gasteiger partial charge >= 0.3 is 0 Å². The number of ether oxygens (including phenoxy) is 1. The molecule has 0 amide bonds. The highest BCUT2D eigenvalue weighted by Crippen LogP contribution is 2.28. The molecule has 1 heterocycles. The average molecular weight is 364 g/mol. The molecule has 4 nitrogen and oxygen atoms in total. The summed E-state index contributed by atoms with van der Waals surface area (Å²) in [4.78, 5) is 18.1. The van der Waals surface area contributed by atoms with Gasteiger partial charge in [0.2, 0.25) is 0 Å². The van der Waals surface area contributed by atoms with E-state index in [-0.39, 0.29) is 11.2 Å². The zero-order valence-corrected chi connectivity index (χ0v) is 16.8. The number of carbonyl (C=O) groups excluding carboxylic acids is 1. The Hall–Kier alpha value is -2.59. The Morgan fingerprint density at radius 2 is 1.74 bits per heavy atom. The highest BCUT2D eigenvalue weighted by molar-refractivity contribution is 6.03. The van der Waals surface area contributed by atoms with Crippen molar-refractivity contribution in [2.75, 3.05) is 27.2 Å². The molecule has 4 heteroatoms. The van der Waals surface area contributed by atoms with Crippen LogP contribution in [0.2, 0.25) is 0 Å². The Morgan fingerprint density at radius 1 is 1.04 bits per heavy atom. The molecule has 0 bridgehead atoms. The average Bonchev–Trinajstić information content (AvgIpc) is 3.03. The van der Waals surface area contributed by atoms with E-state index in [2.05, 4.69) is 28.1 Å². The molecule has 0 aliphatic rings. The van der Waals surface area contributed by atoms with Crippen LogP contribution in [0.15, 0.2) is 48.5 Å². The molecular formula is C23H28N2O2. The first-order chi connectivity index (χ1) is 12.7. The first-order valence-corrected chi connectivity index (χ1v) is 9.29. The van der Waals surface area contributed by atoms with Gasteiger partial charge in [-0.05, 0) is 68.2 Å². The van der Waals surface area contributed by atoms with Gasteiger partial charge in [-0.1, -0.05) is 20.8 Å². The van der Waals surface area contributed by atoms with E-state index in [1.807, 2.05) is 65.2 Å². The molecular weight excluding hydrogens is 336 g/mol. The molecule has 0 atom stereocenters. The molecule has 2 aromatic carbocycles. The van der Waals surface area contributed by atoms with E-state index in [4.69, 9.17) is 4.74 Å². The minimum atomic E-state index is -0.380.